The molecule has 0 aromatic heterocycles. The number of carbonyl (C=O) groups excluding carboxylic acids is 1. The molecule has 0 radical (unpaired) electrons. The number of benzene rings is 1. The van der Waals surface area contributed by atoms with Crippen LogP contribution in [-0.2, 0) is 4.74 Å². The Balaban J connectivity index is 1.99. The zero-order valence-electron chi connectivity index (χ0n) is 11.6. The summed E-state index contributed by atoms with van der Waals surface area (Å²) < 4.78 is 5.56. The van der Waals surface area contributed by atoms with E-state index in [0.717, 1.165) is 12.8 Å². The van der Waals surface area contributed by atoms with Gasteiger partial charge in [0, 0.05) is 18.2 Å². The highest BCUT2D eigenvalue weighted by molar-refractivity contribution is 6.31. The quantitative estimate of drug-likeness (QED) is 0.797. The van der Waals surface area contributed by atoms with Gasteiger partial charge in [-0.3, -0.25) is 0 Å². The van der Waals surface area contributed by atoms with Crippen LogP contribution < -0.4 is 10.6 Å². The van der Waals surface area contributed by atoms with Gasteiger partial charge in [-0.2, -0.15) is 0 Å². The molecule has 6 nitrogen and oxygen atoms in total. The Bertz CT molecular complexity index is 556. The second-order valence-electron chi connectivity index (χ2n) is 5.20. The van der Waals surface area contributed by atoms with Gasteiger partial charge in [0.05, 0.1) is 16.9 Å². The van der Waals surface area contributed by atoms with Gasteiger partial charge in [0.25, 0.3) is 0 Å². The molecule has 1 heterocycles. The molecule has 1 fully saturated rings. The van der Waals surface area contributed by atoms with Crippen LogP contribution in [0.25, 0.3) is 0 Å². The number of urea groups is 1. The van der Waals surface area contributed by atoms with Crippen LogP contribution in [0, 0.1) is 0 Å². The van der Waals surface area contributed by atoms with E-state index in [9.17, 15) is 9.59 Å². The van der Waals surface area contributed by atoms with Crippen molar-refractivity contribution in [2.45, 2.75) is 25.4 Å². The number of hydrogen-bond acceptors (Lipinski definition) is 3. The van der Waals surface area contributed by atoms with Crippen molar-refractivity contribution in [2.24, 2.45) is 0 Å². The molecule has 1 aliphatic rings. The first kappa shape index (κ1) is 15.6. The number of carboxylic acids is 1. The van der Waals surface area contributed by atoms with Crippen molar-refractivity contribution in [1.82, 2.24) is 5.32 Å². The van der Waals surface area contributed by atoms with Gasteiger partial charge in [-0.05, 0) is 38.0 Å². The van der Waals surface area contributed by atoms with E-state index in [-0.39, 0.29) is 16.9 Å². The number of aromatic carboxylic acids is 1. The van der Waals surface area contributed by atoms with Crippen LogP contribution in [0.15, 0.2) is 18.2 Å². The zero-order chi connectivity index (χ0) is 15.5. The Morgan fingerprint density at radius 1 is 1.48 bits per heavy atom. The van der Waals surface area contributed by atoms with Crippen molar-refractivity contribution in [3.63, 3.8) is 0 Å². The van der Waals surface area contributed by atoms with Crippen molar-refractivity contribution in [3.8, 4) is 0 Å². The number of nitrogens with one attached hydrogen (secondary N) is 2. The van der Waals surface area contributed by atoms with E-state index in [1.165, 1.54) is 18.2 Å². The molecule has 1 atom stereocenters. The first-order chi connectivity index (χ1) is 9.89. The SMILES string of the molecule is CC1(CNC(=O)Nc2cc(Cl)ccc2C(=O)O)CCCO1. The summed E-state index contributed by atoms with van der Waals surface area (Å²) in [6.07, 6.45) is 1.85. The molecular formula is C14H17ClN2O4. The lowest BCUT2D eigenvalue weighted by atomic mass is 10.0. The lowest BCUT2D eigenvalue weighted by molar-refractivity contribution is 0.0232. The summed E-state index contributed by atoms with van der Waals surface area (Å²) in [5, 5.41) is 14.6. The van der Waals surface area contributed by atoms with Crippen molar-refractivity contribution >= 4 is 29.3 Å². The second kappa shape index (κ2) is 6.32. The number of carbonyl (C=O) groups is 2. The Morgan fingerprint density at radius 2 is 2.24 bits per heavy atom. The summed E-state index contributed by atoms with van der Waals surface area (Å²) in [5.41, 5.74) is -0.218. The van der Waals surface area contributed by atoms with E-state index in [1.807, 2.05) is 6.92 Å². The average Bonchev–Trinajstić information content (AvgIpc) is 2.84. The van der Waals surface area contributed by atoms with Crippen molar-refractivity contribution in [2.75, 3.05) is 18.5 Å². The van der Waals surface area contributed by atoms with Crippen LogP contribution in [0.4, 0.5) is 10.5 Å². The van der Waals surface area contributed by atoms with Gasteiger partial charge in [0.1, 0.15) is 0 Å². The fourth-order valence-corrected chi connectivity index (χ4v) is 2.39. The zero-order valence-corrected chi connectivity index (χ0v) is 12.4. The predicted octanol–water partition coefficient (Wildman–Crippen LogP) is 2.73. The van der Waals surface area contributed by atoms with E-state index in [1.54, 1.807) is 0 Å². The normalized spacial score (nSPS) is 21.0. The van der Waals surface area contributed by atoms with Crippen molar-refractivity contribution < 1.29 is 19.4 Å². The third-order valence-corrected chi connectivity index (χ3v) is 3.62. The highest BCUT2D eigenvalue weighted by Crippen LogP contribution is 2.24. The van der Waals surface area contributed by atoms with Gasteiger partial charge >= 0.3 is 12.0 Å². The predicted molar refractivity (Wildman–Crippen MR) is 79.0 cm³/mol. The summed E-state index contributed by atoms with van der Waals surface area (Å²) >= 11 is 5.82. The Hall–Kier alpha value is -1.79. The van der Waals surface area contributed by atoms with E-state index in [0.29, 0.717) is 18.2 Å². The average molecular weight is 313 g/mol. The molecule has 21 heavy (non-hydrogen) atoms. The Kier molecular flexibility index (Phi) is 4.69. The third-order valence-electron chi connectivity index (χ3n) is 3.38. The molecule has 2 amide bonds. The van der Waals surface area contributed by atoms with Crippen LogP contribution in [0.5, 0.6) is 0 Å². The van der Waals surface area contributed by atoms with Crippen molar-refractivity contribution in [1.29, 1.82) is 0 Å². The van der Waals surface area contributed by atoms with Gasteiger partial charge in [-0.1, -0.05) is 11.6 Å². The van der Waals surface area contributed by atoms with Gasteiger partial charge in [-0.25, -0.2) is 9.59 Å². The maximum Gasteiger partial charge on any atom is 0.337 e. The monoisotopic (exact) mass is 312 g/mol. The molecule has 0 aliphatic carbocycles. The van der Waals surface area contributed by atoms with Gasteiger partial charge in [-0.15, -0.1) is 0 Å². The maximum absolute atomic E-state index is 11.9. The smallest absolute Gasteiger partial charge is 0.337 e. The molecular weight excluding hydrogens is 296 g/mol. The molecule has 7 heteroatoms. The molecule has 1 aromatic carbocycles. The van der Waals surface area contributed by atoms with E-state index in [2.05, 4.69) is 10.6 Å². The topological polar surface area (TPSA) is 87.7 Å². The largest absolute Gasteiger partial charge is 0.478 e. The second-order valence-corrected chi connectivity index (χ2v) is 5.64. The molecule has 1 aliphatic heterocycles. The summed E-state index contributed by atoms with van der Waals surface area (Å²) in [7, 11) is 0. The van der Waals surface area contributed by atoms with E-state index < -0.39 is 12.0 Å². The standard InChI is InChI=1S/C14H17ClN2O4/c1-14(5-2-6-21-14)8-16-13(20)17-11-7-9(15)3-4-10(11)12(18)19/h3-4,7H,2,5-6,8H2,1H3,(H,18,19)(H2,16,17,20). The first-order valence-electron chi connectivity index (χ1n) is 6.61. The molecule has 1 aromatic rings. The highest BCUT2D eigenvalue weighted by Gasteiger charge is 2.30. The fourth-order valence-electron chi connectivity index (χ4n) is 2.22. The Morgan fingerprint density at radius 3 is 2.86 bits per heavy atom. The van der Waals surface area contributed by atoms with Crippen LogP contribution in [0.3, 0.4) is 0 Å². The van der Waals surface area contributed by atoms with Crippen LogP contribution >= 0.6 is 11.6 Å². The minimum atomic E-state index is -1.13. The summed E-state index contributed by atoms with van der Waals surface area (Å²) in [6.45, 7) is 2.99. The minimum Gasteiger partial charge on any atom is -0.478 e. The molecule has 1 saturated heterocycles. The Labute approximate surface area is 127 Å². The number of halogens is 1. The van der Waals surface area contributed by atoms with Gasteiger partial charge in [0.15, 0.2) is 0 Å². The highest BCUT2D eigenvalue weighted by atomic mass is 35.5. The molecule has 2 rings (SSSR count). The fraction of sp³-hybridized carbons (Fsp3) is 0.429. The lowest BCUT2D eigenvalue weighted by Crippen LogP contribution is -2.42. The molecule has 0 bridgehead atoms. The third kappa shape index (κ3) is 4.09. The van der Waals surface area contributed by atoms with E-state index >= 15 is 0 Å². The summed E-state index contributed by atoms with van der Waals surface area (Å²) in [6, 6.07) is 3.72. The lowest BCUT2D eigenvalue weighted by Gasteiger charge is -2.23. The van der Waals surface area contributed by atoms with Gasteiger partial charge in [0.2, 0.25) is 0 Å². The molecule has 0 spiro atoms. The minimum absolute atomic E-state index is 0.0159. The van der Waals surface area contributed by atoms with Crippen LogP contribution in [-0.4, -0.2) is 35.9 Å². The number of anilines is 1. The first-order valence-corrected chi connectivity index (χ1v) is 6.99. The number of carboxylic acid groups (broad SMARTS) is 1. The number of hydrogen-bond donors (Lipinski definition) is 3. The molecule has 1 unspecified atom stereocenters. The summed E-state index contributed by atoms with van der Waals surface area (Å²) in [4.78, 5) is 23.0. The molecule has 0 saturated carbocycles. The van der Waals surface area contributed by atoms with Gasteiger partial charge < -0.3 is 20.5 Å². The maximum atomic E-state index is 11.9. The van der Waals surface area contributed by atoms with Crippen molar-refractivity contribution in [3.05, 3.63) is 28.8 Å². The number of amides is 2. The van der Waals surface area contributed by atoms with Crippen LogP contribution in [0.1, 0.15) is 30.1 Å². The van der Waals surface area contributed by atoms with E-state index in [4.69, 9.17) is 21.4 Å². The number of ether oxygens (including phenoxy) is 1. The number of rotatable bonds is 4. The molecule has 114 valence electrons. The molecule has 3 N–H and O–H groups in total. The van der Waals surface area contributed by atoms with Crippen LogP contribution in [0.2, 0.25) is 5.02 Å². The summed E-state index contributed by atoms with van der Waals surface area (Å²) in [5.74, 6) is -1.13.